The van der Waals surface area contributed by atoms with Gasteiger partial charge >= 0.3 is 0 Å². The van der Waals surface area contributed by atoms with Crippen LogP contribution in [0, 0.1) is 0 Å². The molecule has 0 atom stereocenters. The highest BCUT2D eigenvalue weighted by Crippen LogP contribution is 2.17. The molecule has 2 aliphatic heterocycles. The van der Waals surface area contributed by atoms with Crippen LogP contribution >= 0.6 is 0 Å². The number of carbonyl (C=O) groups excluding carboxylic acids is 2. The Morgan fingerprint density at radius 2 is 1.69 bits per heavy atom. The maximum Gasteiger partial charge on any atom is 0.251 e. The van der Waals surface area contributed by atoms with Crippen molar-refractivity contribution in [1.82, 2.24) is 15.1 Å². The van der Waals surface area contributed by atoms with E-state index in [-0.39, 0.29) is 17.9 Å². The Balaban J connectivity index is 1.27. The lowest BCUT2D eigenvalue weighted by Crippen LogP contribution is -2.44. The second-order valence-corrected chi connectivity index (χ2v) is 8.13. The van der Waals surface area contributed by atoms with Crippen molar-refractivity contribution in [1.29, 1.82) is 0 Å². The normalized spacial score (nSPS) is 18.2. The number of nitrogens with one attached hydrogen (secondary N) is 1. The Labute approximate surface area is 172 Å². The summed E-state index contributed by atoms with van der Waals surface area (Å²) in [7, 11) is 0. The van der Waals surface area contributed by atoms with Crippen molar-refractivity contribution < 1.29 is 9.59 Å². The fourth-order valence-corrected chi connectivity index (χ4v) is 4.25. The quantitative estimate of drug-likeness (QED) is 0.823. The van der Waals surface area contributed by atoms with Crippen LogP contribution in [0.4, 0.5) is 0 Å². The summed E-state index contributed by atoms with van der Waals surface area (Å²) in [4.78, 5) is 28.9. The summed E-state index contributed by atoms with van der Waals surface area (Å²) in [5.41, 5.74) is 3.04. The summed E-state index contributed by atoms with van der Waals surface area (Å²) in [6.45, 7) is 4.38. The van der Waals surface area contributed by atoms with Gasteiger partial charge in [0.2, 0.25) is 5.91 Å². The van der Waals surface area contributed by atoms with E-state index in [9.17, 15) is 9.59 Å². The van der Waals surface area contributed by atoms with Crippen LogP contribution in [0.15, 0.2) is 54.6 Å². The van der Waals surface area contributed by atoms with E-state index in [0.29, 0.717) is 18.5 Å². The summed E-state index contributed by atoms with van der Waals surface area (Å²) in [5, 5.41) is 3.20. The van der Waals surface area contributed by atoms with E-state index >= 15 is 0 Å². The zero-order valence-corrected chi connectivity index (χ0v) is 16.8. The van der Waals surface area contributed by atoms with Gasteiger partial charge in [-0.3, -0.25) is 14.5 Å². The first-order valence-corrected chi connectivity index (χ1v) is 10.6. The molecule has 2 amide bonds. The summed E-state index contributed by atoms with van der Waals surface area (Å²) < 4.78 is 0. The molecule has 29 heavy (non-hydrogen) atoms. The van der Waals surface area contributed by atoms with E-state index in [1.807, 2.05) is 35.2 Å². The summed E-state index contributed by atoms with van der Waals surface area (Å²) in [6, 6.07) is 18.4. The van der Waals surface area contributed by atoms with Crippen LogP contribution in [0.2, 0.25) is 0 Å². The predicted octanol–water partition coefficient (Wildman–Crippen LogP) is 3.20. The smallest absolute Gasteiger partial charge is 0.251 e. The number of carbonyl (C=O) groups is 2. The third-order valence-corrected chi connectivity index (χ3v) is 5.91. The molecule has 152 valence electrons. The van der Waals surface area contributed by atoms with Gasteiger partial charge in [-0.2, -0.15) is 0 Å². The van der Waals surface area contributed by atoms with Crippen molar-refractivity contribution in [3.8, 4) is 0 Å². The Kier molecular flexibility index (Phi) is 6.25. The highest BCUT2D eigenvalue weighted by atomic mass is 16.2. The molecule has 2 aromatic rings. The molecule has 0 bridgehead atoms. The van der Waals surface area contributed by atoms with Crippen LogP contribution in [0.3, 0.4) is 0 Å². The maximum absolute atomic E-state index is 12.7. The van der Waals surface area contributed by atoms with Crippen LogP contribution in [-0.2, 0) is 17.9 Å². The third-order valence-electron chi connectivity index (χ3n) is 5.91. The van der Waals surface area contributed by atoms with Crippen molar-refractivity contribution in [2.75, 3.05) is 19.6 Å². The maximum atomic E-state index is 12.7. The Morgan fingerprint density at radius 1 is 0.931 bits per heavy atom. The van der Waals surface area contributed by atoms with Crippen LogP contribution in [-0.4, -0.2) is 47.3 Å². The van der Waals surface area contributed by atoms with E-state index in [1.165, 1.54) is 5.56 Å². The first kappa shape index (κ1) is 19.6. The van der Waals surface area contributed by atoms with Crippen LogP contribution in [0.1, 0.15) is 47.2 Å². The minimum Gasteiger partial charge on any atom is -0.349 e. The minimum absolute atomic E-state index is 0.0129. The molecular weight excluding hydrogens is 362 g/mol. The Hall–Kier alpha value is -2.66. The zero-order chi connectivity index (χ0) is 20.1. The second kappa shape index (κ2) is 9.23. The highest BCUT2D eigenvalue weighted by Gasteiger charge is 2.22. The molecule has 0 aromatic heterocycles. The number of amides is 2. The molecule has 4 rings (SSSR count). The summed E-state index contributed by atoms with van der Waals surface area (Å²) in [5.74, 6) is 0.197. The van der Waals surface area contributed by atoms with Gasteiger partial charge < -0.3 is 10.2 Å². The SMILES string of the molecule is O=C(NC1CCN(Cc2ccccc2)CC1)c1cccc(CN2CCCC2=O)c1. The molecule has 5 nitrogen and oxygen atoms in total. The van der Waals surface area contributed by atoms with Gasteiger partial charge in [0.05, 0.1) is 0 Å². The minimum atomic E-state index is -0.0129. The largest absolute Gasteiger partial charge is 0.349 e. The molecule has 0 radical (unpaired) electrons. The van der Waals surface area contributed by atoms with Crippen LogP contribution in [0.25, 0.3) is 0 Å². The molecule has 2 aromatic carbocycles. The number of benzene rings is 2. The number of piperidine rings is 1. The number of likely N-dealkylation sites (tertiary alicyclic amines) is 2. The van der Waals surface area contributed by atoms with Crippen molar-refractivity contribution in [3.63, 3.8) is 0 Å². The number of rotatable bonds is 6. The average molecular weight is 392 g/mol. The molecule has 0 saturated carbocycles. The van der Waals surface area contributed by atoms with Gasteiger partial charge in [-0.05, 0) is 42.5 Å². The van der Waals surface area contributed by atoms with E-state index in [2.05, 4.69) is 34.5 Å². The summed E-state index contributed by atoms with van der Waals surface area (Å²) in [6.07, 6.45) is 3.52. The van der Waals surface area contributed by atoms with E-state index in [1.54, 1.807) is 0 Å². The molecule has 0 aliphatic carbocycles. The topological polar surface area (TPSA) is 52.7 Å². The number of hydrogen-bond donors (Lipinski definition) is 1. The van der Waals surface area contributed by atoms with Crippen LogP contribution in [0.5, 0.6) is 0 Å². The zero-order valence-electron chi connectivity index (χ0n) is 16.8. The van der Waals surface area contributed by atoms with Crippen molar-refractivity contribution in [2.45, 2.75) is 44.8 Å². The van der Waals surface area contributed by atoms with Gasteiger partial charge in [0, 0.05) is 50.7 Å². The van der Waals surface area contributed by atoms with Crippen LogP contribution < -0.4 is 5.32 Å². The molecule has 2 heterocycles. The van der Waals surface area contributed by atoms with Gasteiger partial charge in [-0.25, -0.2) is 0 Å². The van der Waals surface area contributed by atoms with Crippen molar-refractivity contribution in [2.24, 2.45) is 0 Å². The monoisotopic (exact) mass is 391 g/mol. The van der Waals surface area contributed by atoms with Gasteiger partial charge in [-0.15, -0.1) is 0 Å². The molecular formula is C24H29N3O2. The number of nitrogens with zero attached hydrogens (tertiary/aromatic N) is 2. The first-order chi connectivity index (χ1) is 14.2. The molecule has 2 saturated heterocycles. The number of hydrogen-bond acceptors (Lipinski definition) is 3. The molecule has 5 heteroatoms. The average Bonchev–Trinajstić information content (AvgIpc) is 3.15. The predicted molar refractivity (Wildman–Crippen MR) is 113 cm³/mol. The van der Waals surface area contributed by atoms with Gasteiger partial charge in [0.15, 0.2) is 0 Å². The Morgan fingerprint density at radius 3 is 2.41 bits per heavy atom. The first-order valence-electron chi connectivity index (χ1n) is 10.6. The fourth-order valence-electron chi connectivity index (χ4n) is 4.25. The van der Waals surface area contributed by atoms with E-state index in [0.717, 1.165) is 51.0 Å². The van der Waals surface area contributed by atoms with Gasteiger partial charge in [0.1, 0.15) is 0 Å². The fraction of sp³-hybridized carbons (Fsp3) is 0.417. The Bertz CT molecular complexity index is 844. The van der Waals surface area contributed by atoms with E-state index < -0.39 is 0 Å². The van der Waals surface area contributed by atoms with Gasteiger partial charge in [0.25, 0.3) is 5.91 Å². The lowest BCUT2D eigenvalue weighted by Gasteiger charge is -2.32. The summed E-state index contributed by atoms with van der Waals surface area (Å²) >= 11 is 0. The van der Waals surface area contributed by atoms with Crippen molar-refractivity contribution >= 4 is 11.8 Å². The van der Waals surface area contributed by atoms with Crippen molar-refractivity contribution in [3.05, 3.63) is 71.3 Å². The molecule has 2 fully saturated rings. The second-order valence-electron chi connectivity index (χ2n) is 8.13. The molecule has 0 spiro atoms. The standard InChI is InChI=1S/C24H29N3O2/c28-23-10-5-13-27(23)18-20-8-4-9-21(16-20)24(29)25-22-11-14-26(15-12-22)17-19-6-2-1-3-7-19/h1-4,6-9,16,22H,5,10-15,17-18H2,(H,25,29). The highest BCUT2D eigenvalue weighted by molar-refractivity contribution is 5.94. The molecule has 1 N–H and O–H groups in total. The lowest BCUT2D eigenvalue weighted by molar-refractivity contribution is -0.128. The van der Waals surface area contributed by atoms with Gasteiger partial charge in [-0.1, -0.05) is 42.5 Å². The molecule has 0 unspecified atom stereocenters. The lowest BCUT2D eigenvalue weighted by atomic mass is 10.0. The third kappa shape index (κ3) is 5.24. The van der Waals surface area contributed by atoms with E-state index in [4.69, 9.17) is 0 Å². The molecule has 2 aliphatic rings.